The van der Waals surface area contributed by atoms with Gasteiger partial charge in [-0.3, -0.25) is 4.79 Å². The molecule has 0 unspecified atom stereocenters. The van der Waals surface area contributed by atoms with Crippen molar-refractivity contribution in [3.8, 4) is 11.1 Å². The van der Waals surface area contributed by atoms with Gasteiger partial charge in [-0.05, 0) is 38.7 Å². The van der Waals surface area contributed by atoms with Crippen molar-refractivity contribution in [2.45, 2.75) is 50.9 Å². The zero-order valence-corrected chi connectivity index (χ0v) is 25.9. The Hall–Kier alpha value is -4.00. The highest BCUT2D eigenvalue weighted by atomic mass is 28.4. The van der Waals surface area contributed by atoms with Crippen LogP contribution >= 0.6 is 0 Å². The summed E-state index contributed by atoms with van der Waals surface area (Å²) < 4.78 is 19.1. The quantitative estimate of drug-likeness (QED) is 0.175. The van der Waals surface area contributed by atoms with E-state index < -0.39 is 14.4 Å². The third-order valence-corrected chi connectivity index (χ3v) is 14.1. The van der Waals surface area contributed by atoms with Crippen LogP contribution < -0.4 is 10.4 Å². The standard InChI is InChI=1S/C37H38O5Si/c1-37(2,3)43(29-15-9-5-10-16-29,30-17-11-6-12-18-30)40-25-32-31-23-35(38)41-33(31)24-34(32)42-36(39)28-21-19-27(20-22-28)26-13-7-4-8-14-26/h4-22,31-34H,23-25H2,1-3H3/t31-,32-,33+,34-/m1/s1. The van der Waals surface area contributed by atoms with Gasteiger partial charge in [0.1, 0.15) is 12.2 Å². The summed E-state index contributed by atoms with van der Waals surface area (Å²) >= 11 is 0. The van der Waals surface area contributed by atoms with E-state index >= 15 is 0 Å². The fourth-order valence-corrected chi connectivity index (χ4v) is 11.5. The molecule has 4 aromatic rings. The van der Waals surface area contributed by atoms with Crippen molar-refractivity contribution >= 4 is 30.6 Å². The molecule has 4 atom stereocenters. The summed E-state index contributed by atoms with van der Waals surface area (Å²) in [5.74, 6) is -0.771. The van der Waals surface area contributed by atoms with Crippen molar-refractivity contribution in [2.24, 2.45) is 11.8 Å². The van der Waals surface area contributed by atoms with Crippen LogP contribution in [-0.4, -0.2) is 39.1 Å². The normalized spacial score (nSPS) is 21.7. The topological polar surface area (TPSA) is 61.8 Å². The number of esters is 2. The lowest BCUT2D eigenvalue weighted by Crippen LogP contribution is -2.67. The van der Waals surface area contributed by atoms with Crippen LogP contribution in [-0.2, 0) is 18.7 Å². The lowest BCUT2D eigenvalue weighted by molar-refractivity contribution is -0.141. The molecule has 220 valence electrons. The smallest absolute Gasteiger partial charge is 0.338 e. The Morgan fingerprint density at radius 1 is 0.791 bits per heavy atom. The van der Waals surface area contributed by atoms with Crippen LogP contribution in [0, 0.1) is 11.8 Å². The molecule has 1 aliphatic carbocycles. The molecule has 6 rings (SSSR count). The average molecular weight is 591 g/mol. The number of hydrogen-bond acceptors (Lipinski definition) is 5. The molecule has 43 heavy (non-hydrogen) atoms. The first-order valence-electron chi connectivity index (χ1n) is 15.1. The zero-order valence-electron chi connectivity index (χ0n) is 24.9. The second kappa shape index (κ2) is 11.9. The van der Waals surface area contributed by atoms with Gasteiger partial charge in [-0.25, -0.2) is 4.79 Å². The predicted octanol–water partition coefficient (Wildman–Crippen LogP) is 6.41. The summed E-state index contributed by atoms with van der Waals surface area (Å²) in [5, 5.41) is 2.19. The van der Waals surface area contributed by atoms with Gasteiger partial charge in [0.05, 0.1) is 12.0 Å². The summed E-state index contributed by atoms with van der Waals surface area (Å²) in [6.45, 7) is 7.11. The molecule has 2 fully saturated rings. The number of benzene rings is 4. The van der Waals surface area contributed by atoms with Crippen molar-refractivity contribution in [3.05, 3.63) is 121 Å². The number of carbonyl (C=O) groups is 2. The molecule has 1 aliphatic heterocycles. The first kappa shape index (κ1) is 29.1. The molecule has 0 aromatic heterocycles. The lowest BCUT2D eigenvalue weighted by Gasteiger charge is -2.44. The monoisotopic (exact) mass is 590 g/mol. The van der Waals surface area contributed by atoms with Gasteiger partial charge in [-0.1, -0.05) is 124 Å². The summed E-state index contributed by atoms with van der Waals surface area (Å²) in [7, 11) is -2.82. The Labute approximate surface area is 255 Å². The van der Waals surface area contributed by atoms with Gasteiger partial charge in [0.15, 0.2) is 0 Å². The van der Waals surface area contributed by atoms with Crippen molar-refractivity contribution < 1.29 is 23.5 Å². The van der Waals surface area contributed by atoms with E-state index in [1.165, 1.54) is 10.4 Å². The van der Waals surface area contributed by atoms with Gasteiger partial charge in [-0.2, -0.15) is 0 Å². The fraction of sp³-hybridized carbons (Fsp3) is 0.297. The van der Waals surface area contributed by atoms with Gasteiger partial charge in [-0.15, -0.1) is 0 Å². The van der Waals surface area contributed by atoms with Crippen LogP contribution in [0.1, 0.15) is 44.0 Å². The minimum atomic E-state index is -2.82. The SMILES string of the molecule is CC(C)(C)[Si](OC[C@@H]1[C@H]2CC(=O)O[C@H]2C[C@H]1OC(=O)c1ccc(-c2ccccc2)cc1)(c1ccccc1)c1ccccc1. The Kier molecular flexibility index (Phi) is 8.08. The first-order chi connectivity index (χ1) is 20.8. The summed E-state index contributed by atoms with van der Waals surface area (Å²) in [4.78, 5) is 25.8. The molecular formula is C37H38O5Si. The number of rotatable bonds is 8. The Balaban J connectivity index is 1.28. The maximum absolute atomic E-state index is 13.4. The summed E-state index contributed by atoms with van der Waals surface area (Å²) in [6, 6.07) is 38.6. The van der Waals surface area contributed by atoms with Crippen molar-refractivity contribution in [3.63, 3.8) is 0 Å². The van der Waals surface area contributed by atoms with E-state index in [9.17, 15) is 9.59 Å². The van der Waals surface area contributed by atoms with E-state index in [4.69, 9.17) is 13.9 Å². The predicted molar refractivity (Wildman–Crippen MR) is 171 cm³/mol. The van der Waals surface area contributed by atoms with Gasteiger partial charge >= 0.3 is 11.9 Å². The molecule has 0 radical (unpaired) electrons. The molecule has 1 saturated heterocycles. The maximum Gasteiger partial charge on any atom is 0.338 e. The Morgan fingerprint density at radius 2 is 1.33 bits per heavy atom. The zero-order chi connectivity index (χ0) is 30.0. The highest BCUT2D eigenvalue weighted by Gasteiger charge is 2.55. The van der Waals surface area contributed by atoms with Gasteiger partial charge < -0.3 is 13.9 Å². The number of ether oxygens (including phenoxy) is 2. The van der Waals surface area contributed by atoms with Crippen LogP contribution in [0.5, 0.6) is 0 Å². The summed E-state index contributed by atoms with van der Waals surface area (Å²) in [5.41, 5.74) is 2.63. The molecule has 6 heteroatoms. The summed E-state index contributed by atoms with van der Waals surface area (Å²) in [6.07, 6.45) is 0.124. The number of carbonyl (C=O) groups excluding carboxylic acids is 2. The Bertz CT molecular complexity index is 1510. The average Bonchev–Trinajstić information content (AvgIpc) is 3.53. The van der Waals surface area contributed by atoms with Crippen LogP contribution in [0.2, 0.25) is 5.04 Å². The van der Waals surface area contributed by atoms with E-state index in [0.717, 1.165) is 11.1 Å². The van der Waals surface area contributed by atoms with E-state index in [0.29, 0.717) is 25.0 Å². The first-order valence-corrected chi connectivity index (χ1v) is 17.0. The van der Waals surface area contributed by atoms with Crippen LogP contribution in [0.3, 0.4) is 0 Å². The highest BCUT2D eigenvalue weighted by Crippen LogP contribution is 2.45. The molecule has 1 saturated carbocycles. The second-order valence-electron chi connectivity index (χ2n) is 12.7. The number of fused-ring (bicyclic) bond motifs is 1. The van der Waals surface area contributed by atoms with Crippen LogP contribution in [0.25, 0.3) is 11.1 Å². The van der Waals surface area contributed by atoms with Crippen molar-refractivity contribution in [1.82, 2.24) is 0 Å². The van der Waals surface area contributed by atoms with E-state index in [1.54, 1.807) is 0 Å². The number of hydrogen-bond donors (Lipinski definition) is 0. The van der Waals surface area contributed by atoms with Crippen LogP contribution in [0.15, 0.2) is 115 Å². The molecule has 0 amide bonds. The van der Waals surface area contributed by atoms with Crippen molar-refractivity contribution in [2.75, 3.05) is 6.61 Å². The Morgan fingerprint density at radius 3 is 1.88 bits per heavy atom. The third kappa shape index (κ3) is 5.69. The molecule has 0 bridgehead atoms. The molecule has 2 aliphatic rings. The molecule has 4 aromatic carbocycles. The van der Waals surface area contributed by atoms with Gasteiger partial charge in [0, 0.05) is 24.9 Å². The molecule has 0 spiro atoms. The van der Waals surface area contributed by atoms with E-state index in [2.05, 4.69) is 69.3 Å². The molecule has 0 N–H and O–H groups in total. The highest BCUT2D eigenvalue weighted by molar-refractivity contribution is 6.99. The second-order valence-corrected chi connectivity index (χ2v) is 17.0. The molecular weight excluding hydrogens is 552 g/mol. The van der Waals surface area contributed by atoms with Gasteiger partial charge in [0.2, 0.25) is 0 Å². The molecule has 1 heterocycles. The van der Waals surface area contributed by atoms with E-state index in [-0.39, 0.29) is 34.9 Å². The third-order valence-electron chi connectivity index (χ3n) is 9.05. The van der Waals surface area contributed by atoms with Gasteiger partial charge in [0.25, 0.3) is 8.32 Å². The fourth-order valence-electron chi connectivity index (χ4n) is 6.94. The maximum atomic E-state index is 13.4. The minimum Gasteiger partial charge on any atom is -0.462 e. The van der Waals surface area contributed by atoms with Crippen LogP contribution in [0.4, 0.5) is 0 Å². The minimum absolute atomic E-state index is 0.0519. The van der Waals surface area contributed by atoms with E-state index in [1.807, 2.05) is 66.7 Å². The van der Waals surface area contributed by atoms with Crippen molar-refractivity contribution in [1.29, 1.82) is 0 Å². The lowest BCUT2D eigenvalue weighted by atomic mass is 9.93. The molecule has 5 nitrogen and oxygen atoms in total. The largest absolute Gasteiger partial charge is 0.462 e.